The van der Waals surface area contributed by atoms with Crippen LogP contribution >= 0.6 is 15.9 Å². The quantitative estimate of drug-likeness (QED) is 0.367. The first kappa shape index (κ1) is 15.6. The van der Waals surface area contributed by atoms with E-state index in [0.717, 1.165) is 11.0 Å². The van der Waals surface area contributed by atoms with E-state index in [9.17, 15) is 18.8 Å². The molecule has 0 radical (unpaired) electrons. The molecule has 1 aliphatic rings. The zero-order chi connectivity index (χ0) is 15.9. The number of halogens is 2. The lowest BCUT2D eigenvalue weighted by molar-refractivity contribution is -0.129. The van der Waals surface area contributed by atoms with E-state index in [1.807, 2.05) is 5.43 Å². The van der Waals surface area contributed by atoms with Gasteiger partial charge in [-0.3, -0.25) is 19.8 Å². The summed E-state index contributed by atoms with van der Waals surface area (Å²) in [5, 5.41) is 0. The molecule has 0 saturated heterocycles. The van der Waals surface area contributed by atoms with Crippen LogP contribution in [-0.4, -0.2) is 24.1 Å². The van der Waals surface area contributed by atoms with Gasteiger partial charge in [0.2, 0.25) is 5.91 Å². The van der Waals surface area contributed by atoms with Crippen molar-refractivity contribution in [1.29, 1.82) is 0 Å². The minimum atomic E-state index is -1.03. The molecule has 0 fully saturated rings. The van der Waals surface area contributed by atoms with Crippen molar-refractivity contribution in [3.8, 4) is 0 Å². The van der Waals surface area contributed by atoms with Gasteiger partial charge in [-0.05, 0) is 41.9 Å². The Balaban J connectivity index is 2.44. The SMILES string of the molecule is CC(C)(CN1C(=O)C(=O)c2cc(Br)c(F)cc21)C(=O)NN. The standard InChI is InChI=1S/C13H13BrFN3O3/c1-13(2,12(21)17-16)5-18-9-4-8(15)7(14)3-6(9)10(19)11(18)20/h3-4H,5,16H2,1-2H3,(H,17,21). The van der Waals surface area contributed by atoms with E-state index >= 15 is 0 Å². The molecule has 112 valence electrons. The molecule has 0 aliphatic carbocycles. The zero-order valence-electron chi connectivity index (χ0n) is 11.4. The summed E-state index contributed by atoms with van der Waals surface area (Å²) in [7, 11) is 0. The van der Waals surface area contributed by atoms with Gasteiger partial charge in [0.25, 0.3) is 11.7 Å². The summed E-state index contributed by atoms with van der Waals surface area (Å²) in [6, 6.07) is 2.36. The summed E-state index contributed by atoms with van der Waals surface area (Å²) in [5.74, 6) is 2.49. The molecule has 3 N–H and O–H groups in total. The number of nitrogens with zero attached hydrogens (tertiary/aromatic N) is 1. The Morgan fingerprint density at radius 1 is 1.43 bits per heavy atom. The molecule has 0 saturated carbocycles. The molecule has 2 rings (SSSR count). The second-order valence-corrected chi connectivity index (χ2v) is 6.22. The smallest absolute Gasteiger partial charge is 0.299 e. The molecule has 0 atom stereocenters. The first-order chi connectivity index (χ1) is 9.69. The van der Waals surface area contributed by atoms with Crippen LogP contribution in [0.1, 0.15) is 24.2 Å². The number of ketones is 1. The molecular weight excluding hydrogens is 345 g/mol. The fourth-order valence-electron chi connectivity index (χ4n) is 2.11. The Morgan fingerprint density at radius 2 is 2.05 bits per heavy atom. The molecule has 2 amide bonds. The second kappa shape index (κ2) is 5.19. The predicted molar refractivity (Wildman–Crippen MR) is 76.9 cm³/mol. The topological polar surface area (TPSA) is 92.5 Å². The lowest BCUT2D eigenvalue weighted by atomic mass is 9.91. The number of anilines is 1. The van der Waals surface area contributed by atoms with Gasteiger partial charge in [0.1, 0.15) is 5.82 Å². The molecule has 0 bridgehead atoms. The van der Waals surface area contributed by atoms with Crippen LogP contribution in [0.4, 0.5) is 10.1 Å². The maximum Gasteiger partial charge on any atom is 0.299 e. The maximum atomic E-state index is 13.7. The number of fused-ring (bicyclic) bond motifs is 1. The van der Waals surface area contributed by atoms with Gasteiger partial charge in [-0.1, -0.05) is 0 Å². The predicted octanol–water partition coefficient (Wildman–Crippen LogP) is 1.13. The second-order valence-electron chi connectivity index (χ2n) is 5.36. The van der Waals surface area contributed by atoms with Gasteiger partial charge in [0, 0.05) is 6.54 Å². The molecule has 1 aromatic carbocycles. The number of hydrogen-bond donors (Lipinski definition) is 2. The van der Waals surface area contributed by atoms with E-state index in [4.69, 9.17) is 5.84 Å². The summed E-state index contributed by atoms with van der Waals surface area (Å²) in [5.41, 5.74) is 1.24. The van der Waals surface area contributed by atoms with E-state index in [0.29, 0.717) is 0 Å². The maximum absolute atomic E-state index is 13.7. The van der Waals surface area contributed by atoms with E-state index in [1.54, 1.807) is 13.8 Å². The molecule has 6 nitrogen and oxygen atoms in total. The van der Waals surface area contributed by atoms with Crippen LogP contribution in [0.2, 0.25) is 0 Å². The summed E-state index contributed by atoms with van der Waals surface area (Å²) >= 11 is 2.97. The Hall–Kier alpha value is -1.80. The van der Waals surface area contributed by atoms with Crippen LogP contribution in [0.3, 0.4) is 0 Å². The van der Waals surface area contributed by atoms with Gasteiger partial charge < -0.3 is 4.90 Å². The average molecular weight is 358 g/mol. The highest BCUT2D eigenvalue weighted by Crippen LogP contribution is 2.35. The van der Waals surface area contributed by atoms with Crippen molar-refractivity contribution < 1.29 is 18.8 Å². The zero-order valence-corrected chi connectivity index (χ0v) is 13.0. The molecule has 1 aromatic rings. The lowest BCUT2D eigenvalue weighted by Crippen LogP contribution is -2.48. The van der Waals surface area contributed by atoms with Crippen molar-refractivity contribution in [2.24, 2.45) is 11.3 Å². The number of amides is 2. The van der Waals surface area contributed by atoms with Crippen LogP contribution in [0.25, 0.3) is 0 Å². The molecular formula is C13H13BrFN3O3. The summed E-state index contributed by atoms with van der Waals surface area (Å²) in [6.07, 6.45) is 0. The monoisotopic (exact) mass is 357 g/mol. The Morgan fingerprint density at radius 3 is 2.62 bits per heavy atom. The number of nitrogens with two attached hydrogens (primary N) is 1. The van der Waals surface area contributed by atoms with E-state index < -0.39 is 28.8 Å². The van der Waals surface area contributed by atoms with Gasteiger partial charge in [0.05, 0.1) is 21.1 Å². The highest BCUT2D eigenvalue weighted by Gasteiger charge is 2.41. The molecule has 0 aromatic heterocycles. The number of hydrogen-bond acceptors (Lipinski definition) is 4. The fraction of sp³-hybridized carbons (Fsp3) is 0.308. The van der Waals surface area contributed by atoms with Gasteiger partial charge >= 0.3 is 0 Å². The minimum absolute atomic E-state index is 0.0886. The average Bonchev–Trinajstić information content (AvgIpc) is 2.64. The Bertz CT molecular complexity index is 660. The van der Waals surface area contributed by atoms with Crippen molar-refractivity contribution in [3.63, 3.8) is 0 Å². The number of Topliss-reactive ketones (excluding diaryl/α,β-unsaturated/α-hetero) is 1. The van der Waals surface area contributed by atoms with Gasteiger partial charge in [-0.25, -0.2) is 10.2 Å². The van der Waals surface area contributed by atoms with Crippen molar-refractivity contribution >= 4 is 39.2 Å². The van der Waals surface area contributed by atoms with Gasteiger partial charge in [-0.2, -0.15) is 0 Å². The largest absolute Gasteiger partial charge is 0.304 e. The van der Waals surface area contributed by atoms with E-state index in [-0.39, 0.29) is 22.3 Å². The number of benzene rings is 1. The van der Waals surface area contributed by atoms with Crippen LogP contribution in [0, 0.1) is 11.2 Å². The normalized spacial score (nSPS) is 14.4. The molecule has 8 heteroatoms. The first-order valence-electron chi connectivity index (χ1n) is 6.05. The van der Waals surface area contributed by atoms with Gasteiger partial charge in [0.15, 0.2) is 0 Å². The van der Waals surface area contributed by atoms with Crippen LogP contribution in [0.5, 0.6) is 0 Å². The Labute approximate surface area is 128 Å². The lowest BCUT2D eigenvalue weighted by Gasteiger charge is -2.28. The van der Waals surface area contributed by atoms with Gasteiger partial charge in [-0.15, -0.1) is 0 Å². The van der Waals surface area contributed by atoms with E-state index in [1.165, 1.54) is 6.07 Å². The third kappa shape index (κ3) is 2.56. The number of carbonyl (C=O) groups excluding carboxylic acids is 3. The number of hydrazine groups is 1. The van der Waals surface area contributed by atoms with Crippen molar-refractivity contribution in [2.45, 2.75) is 13.8 Å². The Kier molecular flexibility index (Phi) is 3.85. The van der Waals surface area contributed by atoms with Crippen molar-refractivity contribution in [1.82, 2.24) is 5.43 Å². The third-order valence-electron chi connectivity index (χ3n) is 3.31. The molecule has 1 heterocycles. The third-order valence-corrected chi connectivity index (χ3v) is 3.92. The van der Waals surface area contributed by atoms with Crippen molar-refractivity contribution in [2.75, 3.05) is 11.4 Å². The molecule has 0 spiro atoms. The highest BCUT2D eigenvalue weighted by atomic mass is 79.9. The first-order valence-corrected chi connectivity index (χ1v) is 6.84. The molecule has 1 aliphatic heterocycles. The molecule has 21 heavy (non-hydrogen) atoms. The summed E-state index contributed by atoms with van der Waals surface area (Å²) in [4.78, 5) is 36.8. The van der Waals surface area contributed by atoms with Crippen LogP contribution < -0.4 is 16.2 Å². The number of rotatable bonds is 3. The van der Waals surface area contributed by atoms with Crippen LogP contribution in [0.15, 0.2) is 16.6 Å². The molecule has 0 unspecified atom stereocenters. The number of nitrogens with one attached hydrogen (secondary N) is 1. The number of carbonyl (C=O) groups is 3. The fourth-order valence-corrected chi connectivity index (χ4v) is 2.45. The summed E-state index contributed by atoms with van der Waals surface area (Å²) < 4.78 is 13.8. The van der Waals surface area contributed by atoms with E-state index in [2.05, 4.69) is 15.9 Å². The minimum Gasteiger partial charge on any atom is -0.304 e. The summed E-state index contributed by atoms with van der Waals surface area (Å²) in [6.45, 7) is 3.05. The van der Waals surface area contributed by atoms with Crippen LogP contribution in [-0.2, 0) is 9.59 Å². The highest BCUT2D eigenvalue weighted by molar-refractivity contribution is 9.10. The van der Waals surface area contributed by atoms with Crippen molar-refractivity contribution in [3.05, 3.63) is 28.0 Å².